The fraction of sp³-hybridized carbons (Fsp3) is 0.762. The van der Waals surface area contributed by atoms with Gasteiger partial charge in [0, 0.05) is 25.7 Å². The average Bonchev–Trinajstić information content (AvgIpc) is 3.14. The van der Waals surface area contributed by atoms with E-state index in [0.717, 1.165) is 0 Å². The van der Waals surface area contributed by atoms with Crippen molar-refractivity contribution in [2.75, 3.05) is 19.7 Å². The minimum absolute atomic E-state index is 0.104. The van der Waals surface area contributed by atoms with Gasteiger partial charge < -0.3 is 24.7 Å². The van der Waals surface area contributed by atoms with Gasteiger partial charge in [-0.15, -0.1) is 6.58 Å². The Bertz CT molecular complexity index is 724. The first-order chi connectivity index (χ1) is 13.6. The maximum Gasteiger partial charge on any atom is 0.310 e. The van der Waals surface area contributed by atoms with Crippen LogP contribution in [0, 0.1) is 17.8 Å². The Morgan fingerprint density at radius 3 is 2.62 bits per heavy atom. The van der Waals surface area contributed by atoms with Gasteiger partial charge in [0.1, 0.15) is 17.6 Å². The number of ether oxygens (including phenoxy) is 1. The standard InChI is InChI=1S/C21H32N2O6/c1-6-8-22(12(2)3)18(26)16-21-11-13(4)20(5,29-21)15(19(27)28)14(21)17(25)23(16)9-7-10-24/h6,12-16,24H,1,7-11H2,2-5H3,(H,27,28)/t13?,14-,15+,16?,20-,21?/m0/s1. The van der Waals surface area contributed by atoms with E-state index in [4.69, 9.17) is 4.74 Å². The van der Waals surface area contributed by atoms with Crippen LogP contribution in [-0.4, -0.2) is 80.8 Å². The largest absolute Gasteiger partial charge is 0.481 e. The van der Waals surface area contributed by atoms with E-state index >= 15 is 0 Å². The van der Waals surface area contributed by atoms with Gasteiger partial charge >= 0.3 is 5.97 Å². The Labute approximate surface area is 171 Å². The Kier molecular flexibility index (Phi) is 5.55. The number of nitrogens with zero attached hydrogens (tertiary/aromatic N) is 2. The predicted molar refractivity (Wildman–Crippen MR) is 105 cm³/mol. The summed E-state index contributed by atoms with van der Waals surface area (Å²) < 4.78 is 6.40. The second-order valence-corrected chi connectivity index (χ2v) is 9.02. The van der Waals surface area contributed by atoms with Crippen LogP contribution in [0.5, 0.6) is 0 Å². The summed E-state index contributed by atoms with van der Waals surface area (Å²) in [6, 6.07) is -1.02. The van der Waals surface area contributed by atoms with E-state index in [-0.39, 0.29) is 36.9 Å². The Morgan fingerprint density at radius 2 is 2.10 bits per heavy atom. The molecular formula is C21H32N2O6. The zero-order chi connectivity index (χ0) is 21.7. The summed E-state index contributed by atoms with van der Waals surface area (Å²) in [6.07, 6.45) is 2.40. The van der Waals surface area contributed by atoms with Crippen LogP contribution in [0.1, 0.15) is 40.5 Å². The molecule has 2 N–H and O–H groups in total. The molecule has 2 amide bonds. The Hall–Kier alpha value is -1.93. The minimum Gasteiger partial charge on any atom is -0.481 e. The third-order valence-corrected chi connectivity index (χ3v) is 7.10. The quantitative estimate of drug-likeness (QED) is 0.578. The molecule has 6 atom stereocenters. The topological polar surface area (TPSA) is 107 Å². The molecule has 162 valence electrons. The molecule has 0 radical (unpaired) electrons. The van der Waals surface area contributed by atoms with Crippen molar-refractivity contribution in [1.29, 1.82) is 0 Å². The molecule has 3 aliphatic heterocycles. The number of fused-ring (bicyclic) bond motifs is 1. The summed E-state index contributed by atoms with van der Waals surface area (Å²) >= 11 is 0. The highest BCUT2D eigenvalue weighted by Gasteiger charge is 2.80. The van der Waals surface area contributed by atoms with Crippen LogP contribution < -0.4 is 0 Å². The highest BCUT2D eigenvalue weighted by Crippen LogP contribution is 2.65. The van der Waals surface area contributed by atoms with Gasteiger partial charge in [-0.3, -0.25) is 14.4 Å². The van der Waals surface area contributed by atoms with Crippen LogP contribution in [0.25, 0.3) is 0 Å². The molecule has 0 aromatic carbocycles. The molecule has 29 heavy (non-hydrogen) atoms. The number of aliphatic hydroxyl groups is 1. The number of hydrogen-bond donors (Lipinski definition) is 2. The van der Waals surface area contributed by atoms with Crippen molar-refractivity contribution in [3.8, 4) is 0 Å². The SMILES string of the molecule is C=CCN(C(=O)C1N(CCCO)C(=O)[C@@H]2[C@H](C(=O)O)[C@@]3(C)OC12CC3C)C(C)C. The van der Waals surface area contributed by atoms with Gasteiger partial charge in [0.05, 0.1) is 11.5 Å². The van der Waals surface area contributed by atoms with Gasteiger partial charge in [0.2, 0.25) is 11.8 Å². The molecule has 0 aliphatic carbocycles. The molecule has 8 nitrogen and oxygen atoms in total. The number of likely N-dealkylation sites (tertiary alicyclic amines) is 1. The molecule has 1 spiro atoms. The van der Waals surface area contributed by atoms with Crippen molar-refractivity contribution in [2.45, 2.75) is 63.8 Å². The fourth-order valence-corrected chi connectivity index (χ4v) is 5.73. The minimum atomic E-state index is -1.16. The number of amides is 2. The molecule has 3 saturated heterocycles. The van der Waals surface area contributed by atoms with Crippen molar-refractivity contribution in [2.24, 2.45) is 17.8 Å². The van der Waals surface area contributed by atoms with Crippen LogP contribution in [0.15, 0.2) is 12.7 Å². The third-order valence-electron chi connectivity index (χ3n) is 7.10. The summed E-state index contributed by atoms with van der Waals surface area (Å²) in [6.45, 7) is 11.6. The summed E-state index contributed by atoms with van der Waals surface area (Å²) in [5.74, 6) is -3.68. The summed E-state index contributed by atoms with van der Waals surface area (Å²) in [4.78, 5) is 42.4. The van der Waals surface area contributed by atoms with Crippen LogP contribution in [0.2, 0.25) is 0 Å². The maximum atomic E-state index is 13.7. The second-order valence-electron chi connectivity index (χ2n) is 9.02. The fourth-order valence-electron chi connectivity index (χ4n) is 5.73. The number of carbonyl (C=O) groups excluding carboxylic acids is 2. The summed E-state index contributed by atoms with van der Waals surface area (Å²) in [5.41, 5.74) is -2.15. The van der Waals surface area contributed by atoms with E-state index in [1.54, 1.807) is 17.9 Å². The zero-order valence-corrected chi connectivity index (χ0v) is 17.6. The smallest absolute Gasteiger partial charge is 0.310 e. The molecule has 0 aromatic rings. The van der Waals surface area contributed by atoms with Crippen LogP contribution in [0.4, 0.5) is 0 Å². The van der Waals surface area contributed by atoms with E-state index in [2.05, 4.69) is 6.58 Å². The maximum absolute atomic E-state index is 13.7. The molecule has 2 bridgehead atoms. The van der Waals surface area contributed by atoms with Gasteiger partial charge in [-0.25, -0.2) is 0 Å². The number of rotatable bonds is 8. The van der Waals surface area contributed by atoms with Gasteiger partial charge in [-0.05, 0) is 39.5 Å². The van der Waals surface area contributed by atoms with E-state index < -0.39 is 35.0 Å². The van der Waals surface area contributed by atoms with E-state index in [9.17, 15) is 24.6 Å². The highest BCUT2D eigenvalue weighted by atomic mass is 16.5. The lowest BCUT2D eigenvalue weighted by Gasteiger charge is -2.38. The molecule has 3 rings (SSSR count). The number of carbonyl (C=O) groups is 3. The lowest BCUT2D eigenvalue weighted by atomic mass is 9.62. The normalized spacial score (nSPS) is 37.9. The molecule has 0 aromatic heterocycles. The number of carboxylic acid groups (broad SMARTS) is 1. The first-order valence-corrected chi connectivity index (χ1v) is 10.3. The predicted octanol–water partition coefficient (Wildman–Crippen LogP) is 0.887. The van der Waals surface area contributed by atoms with Crippen molar-refractivity contribution >= 4 is 17.8 Å². The van der Waals surface area contributed by atoms with Crippen molar-refractivity contribution in [1.82, 2.24) is 9.80 Å². The molecule has 3 aliphatic rings. The van der Waals surface area contributed by atoms with E-state index in [1.165, 1.54) is 4.90 Å². The lowest BCUT2D eigenvalue weighted by molar-refractivity contribution is -0.158. The van der Waals surface area contributed by atoms with Crippen molar-refractivity contribution in [3.63, 3.8) is 0 Å². The van der Waals surface area contributed by atoms with Crippen LogP contribution in [-0.2, 0) is 19.1 Å². The van der Waals surface area contributed by atoms with E-state index in [1.807, 2.05) is 20.8 Å². The molecular weight excluding hydrogens is 376 g/mol. The Balaban J connectivity index is 2.11. The third kappa shape index (κ3) is 2.91. The highest BCUT2D eigenvalue weighted by molar-refractivity contribution is 5.98. The molecule has 8 heteroatoms. The van der Waals surface area contributed by atoms with Crippen molar-refractivity contribution in [3.05, 3.63) is 12.7 Å². The van der Waals surface area contributed by atoms with Crippen LogP contribution in [0.3, 0.4) is 0 Å². The zero-order valence-electron chi connectivity index (χ0n) is 17.6. The first-order valence-electron chi connectivity index (χ1n) is 10.3. The number of carboxylic acids is 1. The number of aliphatic hydroxyl groups excluding tert-OH is 1. The molecule has 3 unspecified atom stereocenters. The lowest BCUT2D eigenvalue weighted by Crippen LogP contribution is -2.57. The van der Waals surface area contributed by atoms with Gasteiger partial charge in [0.15, 0.2) is 0 Å². The second kappa shape index (κ2) is 7.40. The van der Waals surface area contributed by atoms with Gasteiger partial charge in [-0.2, -0.15) is 0 Å². The van der Waals surface area contributed by atoms with Gasteiger partial charge in [-0.1, -0.05) is 13.0 Å². The van der Waals surface area contributed by atoms with Gasteiger partial charge in [0.25, 0.3) is 0 Å². The number of hydrogen-bond acceptors (Lipinski definition) is 5. The Morgan fingerprint density at radius 1 is 1.45 bits per heavy atom. The number of aliphatic carboxylic acids is 1. The average molecular weight is 408 g/mol. The van der Waals surface area contributed by atoms with Crippen LogP contribution >= 0.6 is 0 Å². The monoisotopic (exact) mass is 408 g/mol. The summed E-state index contributed by atoms with van der Waals surface area (Å²) in [7, 11) is 0. The molecule has 3 heterocycles. The summed E-state index contributed by atoms with van der Waals surface area (Å²) in [5, 5.41) is 19.3. The molecule has 0 saturated carbocycles. The van der Waals surface area contributed by atoms with E-state index in [0.29, 0.717) is 19.4 Å². The first kappa shape index (κ1) is 21.8. The molecule has 3 fully saturated rings. The van der Waals surface area contributed by atoms with Crippen molar-refractivity contribution < 1.29 is 29.3 Å².